The third-order valence-electron chi connectivity index (χ3n) is 6.57. The Morgan fingerprint density at radius 3 is 2.67 bits per heavy atom. The number of nitrogen functional groups attached to an aromatic ring is 1. The molecule has 0 saturated carbocycles. The van der Waals surface area contributed by atoms with E-state index in [1.165, 1.54) is 10.9 Å². The molecule has 3 N–H and O–H groups in total. The van der Waals surface area contributed by atoms with Crippen LogP contribution in [0.1, 0.15) is 27.3 Å². The molecule has 0 spiro atoms. The number of carbonyl (C=O) groups is 1. The number of ether oxygens (including phenoxy) is 2. The van der Waals surface area contributed by atoms with E-state index in [1.807, 2.05) is 12.1 Å². The van der Waals surface area contributed by atoms with Crippen LogP contribution in [0.3, 0.4) is 0 Å². The summed E-state index contributed by atoms with van der Waals surface area (Å²) in [4.78, 5) is 17.6. The highest BCUT2D eigenvalue weighted by atomic mass is 79.9. The molecule has 220 valence electrons. The Morgan fingerprint density at radius 2 is 1.98 bits per heavy atom. The number of nitrogens with one attached hydrogen (secondary N) is 1. The lowest BCUT2D eigenvalue weighted by Gasteiger charge is -2.32. The molecule has 42 heavy (non-hydrogen) atoms. The molecule has 1 aliphatic heterocycles. The third-order valence-corrected chi connectivity index (χ3v) is 7.41. The lowest BCUT2D eigenvalue weighted by Crippen LogP contribution is -2.44. The highest BCUT2D eigenvalue weighted by molar-refractivity contribution is 9.10. The summed E-state index contributed by atoms with van der Waals surface area (Å²) in [5.41, 5.74) is 10.6. The summed E-state index contributed by atoms with van der Waals surface area (Å²) in [5.74, 6) is 0.655. The first kappa shape index (κ1) is 29.4. The molecule has 0 unspecified atom stereocenters. The number of anilines is 1. The standard InChI is InChI=1S/C26H28BrClN10O4/c1-36-7-9-37(10-8-36)14-20-22(31-35-38(20)25-24(29)33-42-34-25)26(39)32-30-13-17-11-19(27)23(21(12-17)40-2)41-15-16-3-5-18(28)6-4-16/h3-6,11-13H,7-10,14-15H2,1-2H3,(H2,29,33)(H,32,39). The lowest BCUT2D eigenvalue weighted by atomic mass is 10.2. The van der Waals surface area contributed by atoms with Gasteiger partial charge in [-0.05, 0) is 68.7 Å². The Kier molecular flexibility index (Phi) is 9.31. The van der Waals surface area contributed by atoms with Gasteiger partial charge in [-0.15, -0.1) is 5.10 Å². The second-order valence-electron chi connectivity index (χ2n) is 9.50. The number of hydrogen-bond acceptors (Lipinski definition) is 12. The first-order valence-electron chi connectivity index (χ1n) is 12.8. The summed E-state index contributed by atoms with van der Waals surface area (Å²) < 4.78 is 18.3. The van der Waals surface area contributed by atoms with Crippen LogP contribution < -0.4 is 20.6 Å². The van der Waals surface area contributed by atoms with Gasteiger partial charge >= 0.3 is 0 Å². The molecule has 16 heteroatoms. The van der Waals surface area contributed by atoms with Crippen LogP contribution in [0.15, 0.2) is 50.6 Å². The minimum atomic E-state index is -0.550. The summed E-state index contributed by atoms with van der Waals surface area (Å²) in [5, 5.41) is 20.4. The Bertz CT molecular complexity index is 1570. The summed E-state index contributed by atoms with van der Waals surface area (Å²) in [7, 11) is 3.61. The lowest BCUT2D eigenvalue weighted by molar-refractivity contribution is 0.0946. The maximum atomic E-state index is 13.2. The number of benzene rings is 2. The zero-order chi connectivity index (χ0) is 29.6. The van der Waals surface area contributed by atoms with Crippen molar-refractivity contribution in [3.05, 3.63) is 68.4 Å². The Morgan fingerprint density at radius 1 is 1.21 bits per heavy atom. The van der Waals surface area contributed by atoms with Crippen LogP contribution in [0.2, 0.25) is 5.02 Å². The van der Waals surface area contributed by atoms with Gasteiger partial charge in [0.15, 0.2) is 17.2 Å². The average Bonchev–Trinajstić information content (AvgIpc) is 3.59. The van der Waals surface area contributed by atoms with Crippen molar-refractivity contribution in [2.24, 2.45) is 5.10 Å². The van der Waals surface area contributed by atoms with E-state index in [0.29, 0.717) is 45.4 Å². The number of piperazine rings is 1. The smallest absolute Gasteiger partial charge is 0.293 e. The van der Waals surface area contributed by atoms with E-state index in [4.69, 9.17) is 31.4 Å². The van der Waals surface area contributed by atoms with Gasteiger partial charge in [0.05, 0.1) is 23.5 Å². The van der Waals surface area contributed by atoms with E-state index in [-0.39, 0.29) is 17.3 Å². The average molecular weight is 660 g/mol. The fraction of sp³-hybridized carbons (Fsp3) is 0.308. The van der Waals surface area contributed by atoms with Crippen molar-refractivity contribution in [2.75, 3.05) is 46.1 Å². The summed E-state index contributed by atoms with van der Waals surface area (Å²) in [6, 6.07) is 10.9. The molecule has 0 radical (unpaired) electrons. The van der Waals surface area contributed by atoms with E-state index < -0.39 is 5.91 Å². The van der Waals surface area contributed by atoms with Crippen LogP contribution in [0, 0.1) is 0 Å². The maximum absolute atomic E-state index is 13.2. The van der Waals surface area contributed by atoms with Crippen LogP contribution >= 0.6 is 27.5 Å². The molecule has 14 nitrogen and oxygen atoms in total. The molecule has 2 aromatic heterocycles. The molecule has 0 aliphatic carbocycles. The maximum Gasteiger partial charge on any atom is 0.293 e. The topological polar surface area (TPSA) is 162 Å². The fourth-order valence-electron chi connectivity index (χ4n) is 4.25. The number of amides is 1. The number of methoxy groups -OCH3 is 1. The van der Waals surface area contributed by atoms with E-state index in [2.05, 4.69) is 63.9 Å². The molecular formula is C26H28BrClN10O4. The van der Waals surface area contributed by atoms with Crippen molar-refractivity contribution in [1.82, 2.24) is 40.5 Å². The number of aromatic nitrogens is 5. The predicted octanol–water partition coefficient (Wildman–Crippen LogP) is 2.75. The first-order valence-corrected chi connectivity index (χ1v) is 14.0. The monoisotopic (exact) mass is 658 g/mol. The predicted molar refractivity (Wildman–Crippen MR) is 158 cm³/mol. The van der Waals surface area contributed by atoms with E-state index in [1.54, 1.807) is 31.4 Å². The van der Waals surface area contributed by atoms with Crippen molar-refractivity contribution in [3.63, 3.8) is 0 Å². The van der Waals surface area contributed by atoms with Crippen LogP contribution in [0.5, 0.6) is 11.5 Å². The Balaban J connectivity index is 1.30. The zero-order valence-electron chi connectivity index (χ0n) is 22.8. The van der Waals surface area contributed by atoms with Crippen molar-refractivity contribution >= 4 is 45.5 Å². The van der Waals surface area contributed by atoms with Gasteiger partial charge in [0.2, 0.25) is 11.6 Å². The molecule has 2 aromatic carbocycles. The number of hydrazone groups is 1. The van der Waals surface area contributed by atoms with Gasteiger partial charge < -0.3 is 20.1 Å². The second kappa shape index (κ2) is 13.3. The van der Waals surface area contributed by atoms with Crippen LogP contribution in [-0.2, 0) is 13.2 Å². The minimum absolute atomic E-state index is 0.0321. The number of nitrogens with two attached hydrogens (primary N) is 1. The van der Waals surface area contributed by atoms with Gasteiger partial charge in [-0.25, -0.2) is 10.1 Å². The number of hydrogen-bond donors (Lipinski definition) is 2. The van der Waals surface area contributed by atoms with E-state index in [0.717, 1.165) is 31.7 Å². The Labute approximate surface area is 254 Å². The van der Waals surface area contributed by atoms with Crippen LogP contribution in [0.4, 0.5) is 5.82 Å². The summed E-state index contributed by atoms with van der Waals surface area (Å²) in [6.07, 6.45) is 1.48. The number of likely N-dealkylation sites (N-methyl/N-ethyl adjacent to an activating group) is 1. The largest absolute Gasteiger partial charge is 0.493 e. The number of nitrogens with zero attached hydrogens (tertiary/aromatic N) is 8. The minimum Gasteiger partial charge on any atom is -0.493 e. The van der Waals surface area contributed by atoms with E-state index in [9.17, 15) is 4.79 Å². The summed E-state index contributed by atoms with van der Waals surface area (Å²) >= 11 is 9.50. The van der Waals surface area contributed by atoms with Gasteiger partial charge in [-0.1, -0.05) is 28.9 Å². The van der Waals surface area contributed by atoms with Gasteiger partial charge in [-0.2, -0.15) is 9.78 Å². The third kappa shape index (κ3) is 6.87. The quantitative estimate of drug-likeness (QED) is 0.190. The van der Waals surface area contributed by atoms with Gasteiger partial charge in [0.25, 0.3) is 5.91 Å². The van der Waals surface area contributed by atoms with Gasteiger partial charge in [0.1, 0.15) is 6.61 Å². The molecule has 1 fully saturated rings. The van der Waals surface area contributed by atoms with Crippen molar-refractivity contribution in [1.29, 1.82) is 0 Å². The number of halogens is 2. The number of carbonyl (C=O) groups excluding carboxylic acids is 1. The first-order chi connectivity index (χ1) is 20.3. The highest BCUT2D eigenvalue weighted by Crippen LogP contribution is 2.37. The Hall–Kier alpha value is -4.05. The molecule has 0 bridgehead atoms. The van der Waals surface area contributed by atoms with Crippen molar-refractivity contribution in [2.45, 2.75) is 13.2 Å². The molecule has 3 heterocycles. The molecular weight excluding hydrogens is 632 g/mol. The molecule has 1 amide bonds. The summed E-state index contributed by atoms with van der Waals surface area (Å²) in [6.45, 7) is 4.12. The van der Waals surface area contributed by atoms with Crippen LogP contribution in [-0.4, -0.2) is 87.6 Å². The van der Waals surface area contributed by atoms with Crippen LogP contribution in [0.25, 0.3) is 5.82 Å². The molecule has 4 aromatic rings. The molecule has 5 rings (SSSR count). The van der Waals surface area contributed by atoms with Gasteiger partial charge in [0, 0.05) is 37.7 Å². The van der Waals surface area contributed by atoms with Gasteiger partial charge in [-0.3, -0.25) is 9.69 Å². The van der Waals surface area contributed by atoms with Crippen molar-refractivity contribution < 1.29 is 18.9 Å². The normalized spacial score (nSPS) is 14.4. The molecule has 1 saturated heterocycles. The SMILES string of the molecule is COc1cc(C=NNC(=O)c2nnn(-c3nonc3N)c2CN2CCN(C)CC2)cc(Br)c1OCc1ccc(Cl)cc1. The molecule has 0 atom stereocenters. The second-order valence-corrected chi connectivity index (χ2v) is 10.8. The van der Waals surface area contributed by atoms with Crippen molar-refractivity contribution in [3.8, 4) is 17.3 Å². The molecule has 1 aliphatic rings. The highest BCUT2D eigenvalue weighted by Gasteiger charge is 2.26. The number of rotatable bonds is 10. The van der Waals surface area contributed by atoms with E-state index >= 15 is 0 Å². The zero-order valence-corrected chi connectivity index (χ0v) is 25.2. The fourth-order valence-corrected chi connectivity index (χ4v) is 4.95.